The molecular formula is C12H21N5O. The number of hydrogen-bond donors (Lipinski definition) is 4. The fourth-order valence-electron chi connectivity index (χ4n) is 1.75. The molecule has 1 aromatic heterocycles. The van der Waals surface area contributed by atoms with Crippen LogP contribution >= 0.6 is 0 Å². The Bertz CT molecular complexity index is 405. The van der Waals surface area contributed by atoms with Crippen LogP contribution in [0.2, 0.25) is 0 Å². The first-order valence-electron chi connectivity index (χ1n) is 6.37. The van der Waals surface area contributed by atoms with Crippen molar-refractivity contribution in [1.29, 1.82) is 0 Å². The molecule has 0 unspecified atom stereocenters. The number of rotatable bonds is 6. The van der Waals surface area contributed by atoms with Crippen LogP contribution < -0.4 is 16.6 Å². The minimum absolute atomic E-state index is 0.0161. The zero-order valence-electron chi connectivity index (χ0n) is 10.8. The molecule has 0 spiro atoms. The van der Waals surface area contributed by atoms with Crippen molar-refractivity contribution in [3.8, 4) is 0 Å². The lowest BCUT2D eigenvalue weighted by Gasteiger charge is -2.21. The van der Waals surface area contributed by atoms with Crippen LogP contribution in [-0.2, 0) is 0 Å². The molecule has 100 valence electrons. The molecule has 0 aliphatic heterocycles. The minimum Gasteiger partial charge on any atom is -0.394 e. The number of hydrazine groups is 1. The summed E-state index contributed by atoms with van der Waals surface area (Å²) in [5.74, 6) is 8.35. The molecule has 0 radical (unpaired) electrons. The topological polar surface area (TPSA) is 96.1 Å². The minimum atomic E-state index is -0.0161. The van der Waals surface area contributed by atoms with Crippen molar-refractivity contribution in [2.24, 2.45) is 11.8 Å². The SMILES string of the molecule is CC(C)[C@@H](CO)Nc1cc(NN)nc(C2CC2)n1. The number of aromatic nitrogens is 2. The quantitative estimate of drug-likeness (QED) is 0.446. The predicted molar refractivity (Wildman–Crippen MR) is 71.2 cm³/mol. The smallest absolute Gasteiger partial charge is 0.145 e. The van der Waals surface area contributed by atoms with E-state index >= 15 is 0 Å². The molecule has 0 aromatic carbocycles. The molecule has 18 heavy (non-hydrogen) atoms. The van der Waals surface area contributed by atoms with Gasteiger partial charge in [-0.25, -0.2) is 15.8 Å². The summed E-state index contributed by atoms with van der Waals surface area (Å²) in [5.41, 5.74) is 2.56. The number of nitrogens with two attached hydrogens (primary N) is 1. The molecule has 1 saturated carbocycles. The molecule has 6 nitrogen and oxygen atoms in total. The number of anilines is 2. The first-order valence-corrected chi connectivity index (χ1v) is 6.37. The number of aliphatic hydroxyl groups is 1. The van der Waals surface area contributed by atoms with Gasteiger partial charge in [0, 0.05) is 12.0 Å². The lowest BCUT2D eigenvalue weighted by Crippen LogP contribution is -2.30. The highest BCUT2D eigenvalue weighted by Gasteiger charge is 2.27. The fraction of sp³-hybridized carbons (Fsp3) is 0.667. The highest BCUT2D eigenvalue weighted by molar-refractivity contribution is 5.48. The maximum atomic E-state index is 9.33. The molecule has 2 rings (SSSR count). The normalized spacial score (nSPS) is 16.7. The molecule has 1 fully saturated rings. The van der Waals surface area contributed by atoms with E-state index in [2.05, 4.69) is 34.6 Å². The number of nitrogen functional groups attached to an aromatic ring is 1. The summed E-state index contributed by atoms with van der Waals surface area (Å²) in [5, 5.41) is 12.6. The van der Waals surface area contributed by atoms with Gasteiger partial charge in [-0.1, -0.05) is 13.8 Å². The van der Waals surface area contributed by atoms with Gasteiger partial charge < -0.3 is 15.8 Å². The van der Waals surface area contributed by atoms with Gasteiger partial charge in [0.1, 0.15) is 17.5 Å². The summed E-state index contributed by atoms with van der Waals surface area (Å²) in [6.45, 7) is 4.18. The van der Waals surface area contributed by atoms with E-state index in [1.54, 1.807) is 6.07 Å². The van der Waals surface area contributed by atoms with Crippen molar-refractivity contribution in [3.63, 3.8) is 0 Å². The van der Waals surface area contributed by atoms with Crippen molar-refractivity contribution >= 4 is 11.6 Å². The number of hydrogen-bond acceptors (Lipinski definition) is 6. The van der Waals surface area contributed by atoms with Gasteiger partial charge in [-0.2, -0.15) is 0 Å². The molecule has 1 atom stereocenters. The zero-order valence-corrected chi connectivity index (χ0v) is 10.8. The largest absolute Gasteiger partial charge is 0.394 e. The molecule has 6 heteroatoms. The second kappa shape index (κ2) is 5.49. The van der Waals surface area contributed by atoms with E-state index in [1.165, 1.54) is 0 Å². The van der Waals surface area contributed by atoms with Gasteiger partial charge >= 0.3 is 0 Å². The summed E-state index contributed by atoms with van der Waals surface area (Å²) < 4.78 is 0. The molecule has 1 aliphatic carbocycles. The average molecular weight is 251 g/mol. The molecule has 0 bridgehead atoms. The Balaban J connectivity index is 2.17. The monoisotopic (exact) mass is 251 g/mol. The lowest BCUT2D eigenvalue weighted by atomic mass is 10.1. The Morgan fingerprint density at radius 2 is 2.06 bits per heavy atom. The van der Waals surface area contributed by atoms with Crippen LogP contribution in [0.4, 0.5) is 11.6 Å². The van der Waals surface area contributed by atoms with Crippen LogP contribution in [0.5, 0.6) is 0 Å². The van der Waals surface area contributed by atoms with Crippen LogP contribution in [0.1, 0.15) is 38.4 Å². The Labute approximate surface area is 107 Å². The van der Waals surface area contributed by atoms with Crippen molar-refractivity contribution < 1.29 is 5.11 Å². The third-order valence-electron chi connectivity index (χ3n) is 3.17. The van der Waals surface area contributed by atoms with Gasteiger partial charge in [-0.15, -0.1) is 0 Å². The van der Waals surface area contributed by atoms with Gasteiger partial charge in [0.05, 0.1) is 12.6 Å². The average Bonchev–Trinajstić information content (AvgIpc) is 3.19. The summed E-state index contributed by atoms with van der Waals surface area (Å²) in [6.07, 6.45) is 2.28. The summed E-state index contributed by atoms with van der Waals surface area (Å²) in [4.78, 5) is 8.83. The molecular weight excluding hydrogens is 230 g/mol. The first-order chi connectivity index (χ1) is 8.63. The highest BCUT2D eigenvalue weighted by Crippen LogP contribution is 2.38. The number of aliphatic hydroxyl groups excluding tert-OH is 1. The van der Waals surface area contributed by atoms with Gasteiger partial charge in [-0.05, 0) is 18.8 Å². The molecule has 1 aromatic rings. The first kappa shape index (κ1) is 13.0. The van der Waals surface area contributed by atoms with Crippen LogP contribution in [0.15, 0.2) is 6.07 Å². The van der Waals surface area contributed by atoms with E-state index in [0.717, 1.165) is 18.7 Å². The predicted octanol–water partition coefficient (Wildman–Crippen LogP) is 1.07. The van der Waals surface area contributed by atoms with Gasteiger partial charge in [0.2, 0.25) is 0 Å². The molecule has 5 N–H and O–H groups in total. The maximum Gasteiger partial charge on any atom is 0.145 e. The van der Waals surface area contributed by atoms with E-state index in [1.807, 2.05) is 0 Å². The van der Waals surface area contributed by atoms with Gasteiger partial charge in [0.15, 0.2) is 0 Å². The summed E-state index contributed by atoms with van der Waals surface area (Å²) in [6, 6.07) is 1.74. The van der Waals surface area contributed by atoms with E-state index in [0.29, 0.717) is 23.5 Å². The van der Waals surface area contributed by atoms with Crippen molar-refractivity contribution in [2.45, 2.75) is 38.6 Å². The number of nitrogens with zero attached hydrogens (tertiary/aromatic N) is 2. The summed E-state index contributed by atoms with van der Waals surface area (Å²) >= 11 is 0. The van der Waals surface area contributed by atoms with Crippen LogP contribution in [0.25, 0.3) is 0 Å². The van der Waals surface area contributed by atoms with E-state index in [9.17, 15) is 5.11 Å². The van der Waals surface area contributed by atoms with E-state index < -0.39 is 0 Å². The molecule has 1 aliphatic rings. The third kappa shape index (κ3) is 3.08. The van der Waals surface area contributed by atoms with Gasteiger partial charge in [-0.3, -0.25) is 0 Å². The molecule has 0 saturated heterocycles. The zero-order chi connectivity index (χ0) is 13.1. The third-order valence-corrected chi connectivity index (χ3v) is 3.17. The van der Waals surface area contributed by atoms with Crippen LogP contribution in [0.3, 0.4) is 0 Å². The van der Waals surface area contributed by atoms with Crippen molar-refractivity contribution in [1.82, 2.24) is 9.97 Å². The maximum absolute atomic E-state index is 9.33. The van der Waals surface area contributed by atoms with Crippen molar-refractivity contribution in [2.75, 3.05) is 17.3 Å². The highest BCUT2D eigenvalue weighted by atomic mass is 16.3. The van der Waals surface area contributed by atoms with E-state index in [-0.39, 0.29) is 12.6 Å². The Morgan fingerprint density at radius 3 is 2.56 bits per heavy atom. The lowest BCUT2D eigenvalue weighted by molar-refractivity contribution is 0.249. The molecule has 1 heterocycles. The van der Waals surface area contributed by atoms with Crippen LogP contribution in [0, 0.1) is 5.92 Å². The Kier molecular flexibility index (Phi) is 3.98. The second-order valence-electron chi connectivity index (χ2n) is 5.09. The Hall–Kier alpha value is -1.40. The standard InChI is InChI=1S/C12H21N5O/c1-7(2)9(6-18)14-10-5-11(17-13)16-12(15-10)8-3-4-8/h5,7-9,18H,3-4,6,13H2,1-2H3,(H2,14,15,16,17)/t9-/m1/s1. The Morgan fingerprint density at radius 1 is 1.39 bits per heavy atom. The van der Waals surface area contributed by atoms with E-state index in [4.69, 9.17) is 5.84 Å². The molecule has 0 amide bonds. The fourth-order valence-corrected chi connectivity index (χ4v) is 1.75. The van der Waals surface area contributed by atoms with Crippen LogP contribution in [-0.4, -0.2) is 27.7 Å². The number of nitrogens with one attached hydrogen (secondary N) is 2. The van der Waals surface area contributed by atoms with Gasteiger partial charge in [0.25, 0.3) is 0 Å². The second-order valence-corrected chi connectivity index (χ2v) is 5.09. The summed E-state index contributed by atoms with van der Waals surface area (Å²) in [7, 11) is 0. The van der Waals surface area contributed by atoms with Crippen molar-refractivity contribution in [3.05, 3.63) is 11.9 Å².